The van der Waals surface area contributed by atoms with Crippen LogP contribution < -0.4 is 5.32 Å². The Morgan fingerprint density at radius 2 is 2.06 bits per heavy atom. The Morgan fingerprint density at radius 1 is 1.22 bits per heavy atom. The molecule has 2 nitrogen and oxygen atoms in total. The van der Waals surface area contributed by atoms with Crippen molar-refractivity contribution in [3.05, 3.63) is 0 Å². The molecule has 4 unspecified atom stereocenters. The van der Waals surface area contributed by atoms with Crippen LogP contribution in [0.15, 0.2) is 0 Å². The molecule has 2 aliphatic rings. The molecule has 2 heteroatoms. The van der Waals surface area contributed by atoms with Crippen molar-refractivity contribution in [2.24, 2.45) is 17.8 Å². The van der Waals surface area contributed by atoms with E-state index in [2.05, 4.69) is 26.1 Å². The van der Waals surface area contributed by atoms with Crippen LogP contribution in [0.5, 0.6) is 0 Å². The number of rotatable bonds is 5. The SMILES string of the molecule is CC(C)CC1CCCC(NCC2CCOC2C)C1. The highest BCUT2D eigenvalue weighted by Crippen LogP contribution is 2.29. The van der Waals surface area contributed by atoms with Gasteiger partial charge in [0.2, 0.25) is 0 Å². The Morgan fingerprint density at radius 3 is 2.72 bits per heavy atom. The van der Waals surface area contributed by atoms with Crippen molar-refractivity contribution in [2.45, 2.75) is 71.4 Å². The zero-order valence-corrected chi connectivity index (χ0v) is 12.5. The van der Waals surface area contributed by atoms with E-state index in [1.54, 1.807) is 0 Å². The molecule has 0 bridgehead atoms. The summed E-state index contributed by atoms with van der Waals surface area (Å²) < 4.78 is 5.64. The molecule has 1 N–H and O–H groups in total. The Kier molecular flexibility index (Phi) is 5.50. The first kappa shape index (κ1) is 14.3. The van der Waals surface area contributed by atoms with Gasteiger partial charge in [-0.3, -0.25) is 0 Å². The van der Waals surface area contributed by atoms with Gasteiger partial charge in [-0.1, -0.05) is 26.7 Å². The third kappa shape index (κ3) is 4.24. The minimum atomic E-state index is 0.465. The number of hydrogen-bond donors (Lipinski definition) is 1. The number of hydrogen-bond acceptors (Lipinski definition) is 2. The third-order valence-electron chi connectivity index (χ3n) is 4.79. The molecule has 2 rings (SSSR count). The second kappa shape index (κ2) is 6.91. The van der Waals surface area contributed by atoms with Gasteiger partial charge in [0, 0.05) is 19.2 Å². The standard InChI is InChI=1S/C16H31NO/c1-12(2)9-14-5-4-6-16(10-14)17-11-15-7-8-18-13(15)3/h12-17H,4-11H2,1-3H3. The smallest absolute Gasteiger partial charge is 0.0588 e. The zero-order valence-electron chi connectivity index (χ0n) is 12.5. The molecular weight excluding hydrogens is 222 g/mol. The molecule has 0 aromatic heterocycles. The minimum Gasteiger partial charge on any atom is -0.378 e. The quantitative estimate of drug-likeness (QED) is 0.808. The van der Waals surface area contributed by atoms with Gasteiger partial charge in [0.1, 0.15) is 0 Å². The molecule has 106 valence electrons. The highest BCUT2D eigenvalue weighted by molar-refractivity contribution is 4.81. The van der Waals surface area contributed by atoms with Crippen LogP contribution >= 0.6 is 0 Å². The van der Waals surface area contributed by atoms with Crippen LogP contribution in [0.1, 0.15) is 59.3 Å². The predicted octanol–water partition coefficient (Wildman–Crippen LogP) is 3.61. The van der Waals surface area contributed by atoms with Crippen LogP contribution in [0, 0.1) is 17.8 Å². The lowest BCUT2D eigenvalue weighted by atomic mass is 9.81. The van der Waals surface area contributed by atoms with Crippen molar-refractivity contribution < 1.29 is 4.74 Å². The van der Waals surface area contributed by atoms with E-state index in [-0.39, 0.29) is 0 Å². The second-order valence-electron chi connectivity index (χ2n) is 6.89. The highest BCUT2D eigenvalue weighted by Gasteiger charge is 2.27. The van der Waals surface area contributed by atoms with E-state index in [9.17, 15) is 0 Å². The van der Waals surface area contributed by atoms with Gasteiger partial charge in [0.05, 0.1) is 6.10 Å². The van der Waals surface area contributed by atoms with Crippen LogP contribution in [0.3, 0.4) is 0 Å². The molecule has 1 aliphatic carbocycles. The maximum Gasteiger partial charge on any atom is 0.0588 e. The summed E-state index contributed by atoms with van der Waals surface area (Å²) in [6.07, 6.45) is 8.80. The summed E-state index contributed by atoms with van der Waals surface area (Å²) in [5, 5.41) is 3.82. The second-order valence-corrected chi connectivity index (χ2v) is 6.89. The monoisotopic (exact) mass is 253 g/mol. The van der Waals surface area contributed by atoms with Crippen LogP contribution in [-0.2, 0) is 4.74 Å². The molecule has 0 aromatic rings. The van der Waals surface area contributed by atoms with E-state index in [0.29, 0.717) is 6.10 Å². The van der Waals surface area contributed by atoms with Gasteiger partial charge in [-0.2, -0.15) is 0 Å². The zero-order chi connectivity index (χ0) is 13.0. The lowest BCUT2D eigenvalue weighted by Crippen LogP contribution is -2.38. The van der Waals surface area contributed by atoms with Gasteiger partial charge in [-0.25, -0.2) is 0 Å². The number of ether oxygens (including phenoxy) is 1. The van der Waals surface area contributed by atoms with Crippen LogP contribution in [0.4, 0.5) is 0 Å². The fraction of sp³-hybridized carbons (Fsp3) is 1.00. The molecule has 0 spiro atoms. The van der Waals surface area contributed by atoms with Crippen LogP contribution in [-0.4, -0.2) is 25.3 Å². The summed E-state index contributed by atoms with van der Waals surface area (Å²) >= 11 is 0. The Bertz CT molecular complexity index is 241. The third-order valence-corrected chi connectivity index (χ3v) is 4.79. The fourth-order valence-electron chi connectivity index (χ4n) is 3.72. The topological polar surface area (TPSA) is 21.3 Å². The van der Waals surface area contributed by atoms with Crippen molar-refractivity contribution in [1.82, 2.24) is 5.32 Å². The highest BCUT2D eigenvalue weighted by atomic mass is 16.5. The average Bonchev–Trinajstić information content (AvgIpc) is 2.72. The van der Waals surface area contributed by atoms with E-state index in [1.807, 2.05) is 0 Å². The maximum atomic E-state index is 5.64. The summed E-state index contributed by atoms with van der Waals surface area (Å²) in [6, 6.07) is 0.773. The molecule has 1 saturated carbocycles. The lowest BCUT2D eigenvalue weighted by molar-refractivity contribution is 0.104. The molecule has 0 radical (unpaired) electrons. The maximum absolute atomic E-state index is 5.64. The first-order valence-corrected chi connectivity index (χ1v) is 8.00. The van der Waals surface area contributed by atoms with Gasteiger partial charge in [0.25, 0.3) is 0 Å². The van der Waals surface area contributed by atoms with Gasteiger partial charge < -0.3 is 10.1 Å². The van der Waals surface area contributed by atoms with Gasteiger partial charge in [0.15, 0.2) is 0 Å². The van der Waals surface area contributed by atoms with Crippen molar-refractivity contribution in [3.63, 3.8) is 0 Å². The number of nitrogens with one attached hydrogen (secondary N) is 1. The Labute approximate surface area is 113 Å². The van der Waals surface area contributed by atoms with Gasteiger partial charge >= 0.3 is 0 Å². The summed E-state index contributed by atoms with van der Waals surface area (Å²) in [6.45, 7) is 9.07. The molecular formula is C16H31NO. The van der Waals surface area contributed by atoms with E-state index in [4.69, 9.17) is 4.74 Å². The largest absolute Gasteiger partial charge is 0.378 e. The summed E-state index contributed by atoms with van der Waals surface area (Å²) in [7, 11) is 0. The lowest BCUT2D eigenvalue weighted by Gasteiger charge is -2.31. The summed E-state index contributed by atoms with van der Waals surface area (Å²) in [4.78, 5) is 0. The summed E-state index contributed by atoms with van der Waals surface area (Å²) in [5.41, 5.74) is 0. The Balaban J connectivity index is 1.69. The van der Waals surface area contributed by atoms with Gasteiger partial charge in [-0.15, -0.1) is 0 Å². The van der Waals surface area contributed by atoms with Crippen molar-refractivity contribution >= 4 is 0 Å². The first-order chi connectivity index (χ1) is 8.65. The molecule has 0 amide bonds. The van der Waals surface area contributed by atoms with Crippen LogP contribution in [0.25, 0.3) is 0 Å². The first-order valence-electron chi connectivity index (χ1n) is 8.00. The predicted molar refractivity (Wildman–Crippen MR) is 76.7 cm³/mol. The fourth-order valence-corrected chi connectivity index (χ4v) is 3.72. The molecule has 1 heterocycles. The van der Waals surface area contributed by atoms with Crippen molar-refractivity contribution in [3.8, 4) is 0 Å². The van der Waals surface area contributed by atoms with Gasteiger partial charge in [-0.05, 0) is 50.4 Å². The van der Waals surface area contributed by atoms with E-state index >= 15 is 0 Å². The average molecular weight is 253 g/mol. The molecule has 18 heavy (non-hydrogen) atoms. The molecule has 1 saturated heterocycles. The molecule has 1 aliphatic heterocycles. The Hall–Kier alpha value is -0.0800. The van der Waals surface area contributed by atoms with E-state index in [1.165, 1.54) is 45.1 Å². The molecule has 0 aromatic carbocycles. The van der Waals surface area contributed by atoms with Crippen molar-refractivity contribution in [2.75, 3.05) is 13.2 Å². The molecule has 4 atom stereocenters. The summed E-state index contributed by atoms with van der Waals surface area (Å²) in [5.74, 6) is 2.57. The minimum absolute atomic E-state index is 0.465. The molecule has 2 fully saturated rings. The van der Waals surface area contributed by atoms with Crippen LogP contribution in [0.2, 0.25) is 0 Å². The normalized spacial score (nSPS) is 37.3. The van der Waals surface area contributed by atoms with E-state index in [0.717, 1.165) is 30.4 Å². The van der Waals surface area contributed by atoms with E-state index < -0.39 is 0 Å². The van der Waals surface area contributed by atoms with Crippen molar-refractivity contribution in [1.29, 1.82) is 0 Å².